The molecule has 0 aromatic heterocycles. The molecule has 1 N–H and O–H groups in total. The number of amides is 2. The Kier molecular flexibility index (Phi) is 6.99. The highest BCUT2D eigenvalue weighted by molar-refractivity contribution is 5.96. The van der Waals surface area contributed by atoms with Gasteiger partial charge in [0.15, 0.2) is 0 Å². The maximum absolute atomic E-state index is 12.7. The molecule has 26 heavy (non-hydrogen) atoms. The predicted octanol–water partition coefficient (Wildman–Crippen LogP) is 1.04. The van der Waals surface area contributed by atoms with E-state index < -0.39 is 0 Å². The molecule has 2 rings (SSSR count). The maximum atomic E-state index is 12.7. The van der Waals surface area contributed by atoms with Crippen molar-refractivity contribution in [2.24, 2.45) is 0 Å². The Morgan fingerprint density at radius 1 is 1.23 bits per heavy atom. The van der Waals surface area contributed by atoms with Crippen LogP contribution in [0.4, 0.5) is 5.69 Å². The van der Waals surface area contributed by atoms with Crippen molar-refractivity contribution >= 4 is 17.5 Å². The molecule has 1 aliphatic heterocycles. The summed E-state index contributed by atoms with van der Waals surface area (Å²) in [5.41, 5.74) is 1.76. The van der Waals surface area contributed by atoms with Crippen LogP contribution < -0.4 is 10.1 Å². The highest BCUT2D eigenvalue weighted by Crippen LogP contribution is 2.25. The lowest BCUT2D eigenvalue weighted by Crippen LogP contribution is -2.54. The van der Waals surface area contributed by atoms with Gasteiger partial charge in [0, 0.05) is 40.3 Å². The molecule has 7 nitrogen and oxygen atoms in total. The van der Waals surface area contributed by atoms with E-state index >= 15 is 0 Å². The third kappa shape index (κ3) is 5.19. The van der Waals surface area contributed by atoms with Crippen molar-refractivity contribution in [3.05, 3.63) is 23.8 Å². The molecule has 1 heterocycles. The largest absolute Gasteiger partial charge is 0.495 e. The minimum absolute atomic E-state index is 0.0493. The first kappa shape index (κ1) is 20.2. The first-order valence-corrected chi connectivity index (χ1v) is 8.94. The SMILES string of the molecule is COc1ccc(C)cc1NC(=O)[C@H](C)N1CCN(CC(=O)N(C)C)CC1. The molecule has 1 aromatic rings. The van der Waals surface area contributed by atoms with Gasteiger partial charge < -0.3 is 15.0 Å². The van der Waals surface area contributed by atoms with Gasteiger partial charge in [0.05, 0.1) is 25.4 Å². The van der Waals surface area contributed by atoms with Gasteiger partial charge in [-0.2, -0.15) is 0 Å². The highest BCUT2D eigenvalue weighted by atomic mass is 16.5. The zero-order valence-corrected chi connectivity index (χ0v) is 16.4. The summed E-state index contributed by atoms with van der Waals surface area (Å²) in [6, 6.07) is 5.48. The number of piperazine rings is 1. The average molecular weight is 362 g/mol. The van der Waals surface area contributed by atoms with Crippen LogP contribution in [0.1, 0.15) is 12.5 Å². The summed E-state index contributed by atoms with van der Waals surface area (Å²) >= 11 is 0. The third-order valence-electron chi connectivity index (χ3n) is 4.80. The molecule has 1 saturated heterocycles. The summed E-state index contributed by atoms with van der Waals surface area (Å²) in [4.78, 5) is 30.4. The molecule has 0 spiro atoms. The molecule has 0 unspecified atom stereocenters. The van der Waals surface area contributed by atoms with Crippen LogP contribution in [-0.2, 0) is 9.59 Å². The second-order valence-electron chi connectivity index (χ2n) is 6.97. The average Bonchev–Trinajstić information content (AvgIpc) is 2.61. The summed E-state index contributed by atoms with van der Waals surface area (Å²) in [5.74, 6) is 0.714. The van der Waals surface area contributed by atoms with E-state index in [9.17, 15) is 9.59 Å². The van der Waals surface area contributed by atoms with Crippen LogP contribution in [0.2, 0.25) is 0 Å². The second kappa shape index (κ2) is 9.00. The lowest BCUT2D eigenvalue weighted by Gasteiger charge is -2.37. The van der Waals surface area contributed by atoms with E-state index in [1.807, 2.05) is 32.0 Å². The van der Waals surface area contributed by atoms with E-state index in [0.29, 0.717) is 18.0 Å². The Labute approximate surface area is 155 Å². The van der Waals surface area contributed by atoms with Crippen LogP contribution in [0.25, 0.3) is 0 Å². The predicted molar refractivity (Wildman–Crippen MR) is 103 cm³/mol. The van der Waals surface area contributed by atoms with Crippen LogP contribution in [-0.4, -0.2) is 86.5 Å². The molecule has 1 aliphatic rings. The van der Waals surface area contributed by atoms with E-state index in [1.165, 1.54) is 0 Å². The Hall–Kier alpha value is -2.12. The zero-order chi connectivity index (χ0) is 19.3. The summed E-state index contributed by atoms with van der Waals surface area (Å²) in [6.07, 6.45) is 0. The number of methoxy groups -OCH3 is 1. The van der Waals surface area contributed by atoms with Crippen LogP contribution >= 0.6 is 0 Å². The first-order valence-electron chi connectivity index (χ1n) is 8.94. The first-order chi connectivity index (χ1) is 12.3. The van der Waals surface area contributed by atoms with E-state index in [2.05, 4.69) is 15.1 Å². The molecule has 0 radical (unpaired) electrons. The van der Waals surface area contributed by atoms with Crippen molar-refractivity contribution in [2.45, 2.75) is 19.9 Å². The number of benzene rings is 1. The van der Waals surface area contributed by atoms with Gasteiger partial charge in [0.1, 0.15) is 5.75 Å². The smallest absolute Gasteiger partial charge is 0.241 e. The second-order valence-corrected chi connectivity index (χ2v) is 6.97. The monoisotopic (exact) mass is 362 g/mol. The minimum Gasteiger partial charge on any atom is -0.495 e. The number of aryl methyl sites for hydroxylation is 1. The number of likely N-dealkylation sites (N-methyl/N-ethyl adjacent to an activating group) is 1. The summed E-state index contributed by atoms with van der Waals surface area (Å²) < 4.78 is 5.33. The Morgan fingerprint density at radius 3 is 2.46 bits per heavy atom. The number of anilines is 1. The lowest BCUT2D eigenvalue weighted by molar-refractivity contribution is -0.131. The number of hydrogen-bond acceptors (Lipinski definition) is 5. The van der Waals surface area contributed by atoms with Crippen molar-refractivity contribution in [1.82, 2.24) is 14.7 Å². The third-order valence-corrected chi connectivity index (χ3v) is 4.80. The number of nitrogens with one attached hydrogen (secondary N) is 1. The van der Waals surface area contributed by atoms with Crippen molar-refractivity contribution in [3.63, 3.8) is 0 Å². The van der Waals surface area contributed by atoms with Gasteiger partial charge in [-0.05, 0) is 31.5 Å². The van der Waals surface area contributed by atoms with E-state index in [4.69, 9.17) is 4.74 Å². The number of ether oxygens (including phenoxy) is 1. The van der Waals surface area contributed by atoms with E-state index in [0.717, 1.165) is 31.7 Å². The standard InChI is InChI=1S/C19H30N4O3/c1-14-6-7-17(26-5)16(12-14)20-19(25)15(2)23-10-8-22(9-11-23)13-18(24)21(3)4/h6-7,12,15H,8-11,13H2,1-5H3,(H,20,25)/t15-/m0/s1. The summed E-state index contributed by atoms with van der Waals surface area (Å²) in [7, 11) is 5.13. The Bertz CT molecular complexity index is 640. The van der Waals surface area contributed by atoms with Crippen molar-refractivity contribution < 1.29 is 14.3 Å². The number of hydrogen-bond donors (Lipinski definition) is 1. The molecule has 144 valence electrons. The van der Waals surface area contributed by atoms with Gasteiger partial charge in [0.25, 0.3) is 0 Å². The molecule has 1 aromatic carbocycles. The fourth-order valence-electron chi connectivity index (χ4n) is 2.96. The van der Waals surface area contributed by atoms with Crippen molar-refractivity contribution in [1.29, 1.82) is 0 Å². The number of rotatable bonds is 6. The topological polar surface area (TPSA) is 65.1 Å². The highest BCUT2D eigenvalue weighted by Gasteiger charge is 2.27. The van der Waals surface area contributed by atoms with Gasteiger partial charge in [-0.15, -0.1) is 0 Å². The Morgan fingerprint density at radius 2 is 1.88 bits per heavy atom. The molecule has 0 bridgehead atoms. The van der Waals surface area contributed by atoms with Crippen molar-refractivity contribution in [2.75, 3.05) is 59.2 Å². The quantitative estimate of drug-likeness (QED) is 0.819. The van der Waals surface area contributed by atoms with E-state index in [-0.39, 0.29) is 17.9 Å². The molecule has 2 amide bonds. The van der Waals surface area contributed by atoms with Gasteiger partial charge in [-0.25, -0.2) is 0 Å². The summed E-state index contributed by atoms with van der Waals surface area (Å²) in [5, 5.41) is 2.98. The van der Waals surface area contributed by atoms with E-state index in [1.54, 1.807) is 26.1 Å². The fraction of sp³-hybridized carbons (Fsp3) is 0.579. The molecule has 1 atom stereocenters. The van der Waals surface area contributed by atoms with Crippen molar-refractivity contribution in [3.8, 4) is 5.75 Å². The van der Waals surface area contributed by atoms with Gasteiger partial charge >= 0.3 is 0 Å². The number of carbonyl (C=O) groups excluding carboxylic acids is 2. The molecule has 0 saturated carbocycles. The van der Waals surface area contributed by atoms with Crippen LogP contribution in [0.15, 0.2) is 18.2 Å². The normalized spacial score (nSPS) is 16.8. The lowest BCUT2D eigenvalue weighted by atomic mass is 10.1. The summed E-state index contributed by atoms with van der Waals surface area (Å²) in [6.45, 7) is 7.42. The van der Waals surface area contributed by atoms with Gasteiger partial charge in [0.2, 0.25) is 11.8 Å². The molecule has 7 heteroatoms. The van der Waals surface area contributed by atoms with Crippen LogP contribution in [0, 0.1) is 6.92 Å². The molecular weight excluding hydrogens is 332 g/mol. The Balaban J connectivity index is 1.90. The minimum atomic E-state index is -0.244. The fourth-order valence-corrected chi connectivity index (χ4v) is 2.96. The molecule has 0 aliphatic carbocycles. The number of carbonyl (C=O) groups is 2. The van der Waals surface area contributed by atoms with Crippen LogP contribution in [0.3, 0.4) is 0 Å². The van der Waals surface area contributed by atoms with Crippen LogP contribution in [0.5, 0.6) is 5.75 Å². The number of nitrogens with zero attached hydrogens (tertiary/aromatic N) is 3. The van der Waals surface area contributed by atoms with Gasteiger partial charge in [-0.1, -0.05) is 6.07 Å². The zero-order valence-electron chi connectivity index (χ0n) is 16.4. The maximum Gasteiger partial charge on any atom is 0.241 e. The van der Waals surface area contributed by atoms with Gasteiger partial charge in [-0.3, -0.25) is 19.4 Å². The molecular formula is C19H30N4O3. The molecule has 1 fully saturated rings.